The van der Waals surface area contributed by atoms with Gasteiger partial charge in [0.15, 0.2) is 5.82 Å². The summed E-state index contributed by atoms with van der Waals surface area (Å²) in [6.45, 7) is 25.5. The van der Waals surface area contributed by atoms with Crippen LogP contribution < -0.4 is 54.5 Å². The molecule has 0 unspecified atom stereocenters. The number of nitrogens with zero attached hydrogens (tertiary/aromatic N) is 23. The second-order valence-electron chi connectivity index (χ2n) is 39.5. The van der Waals surface area contributed by atoms with Crippen LogP contribution in [-0.2, 0) is 49.7 Å². The first-order valence-corrected chi connectivity index (χ1v) is 52.5. The Morgan fingerprint density at radius 1 is 0.322 bits per heavy atom. The number of nitrogens with one attached hydrogen (secondary N) is 3. The zero-order valence-electron chi connectivity index (χ0n) is 82.6. The third-order valence-electron chi connectivity index (χ3n) is 29.3. The van der Waals surface area contributed by atoms with Crippen LogP contribution >= 0.6 is 0 Å². The Labute approximate surface area is 836 Å². The maximum Gasteiger partial charge on any atom is 0.223 e. The molecular weight excluding hydrogens is 1810 g/mol. The highest BCUT2D eigenvalue weighted by molar-refractivity contribution is 5.88. The van der Waals surface area contributed by atoms with Crippen molar-refractivity contribution in [3.63, 3.8) is 0 Å². The average Bonchev–Trinajstić information content (AvgIpc) is 0.802. The molecule has 12 aromatic rings. The minimum atomic E-state index is -0.307. The smallest absolute Gasteiger partial charge is 0.223 e. The van der Waals surface area contributed by atoms with Gasteiger partial charge in [-0.1, -0.05) is 12.8 Å². The summed E-state index contributed by atoms with van der Waals surface area (Å²) in [5, 5.41) is 10.8. The van der Waals surface area contributed by atoms with Crippen LogP contribution in [0.25, 0.3) is 44.1 Å². The zero-order valence-corrected chi connectivity index (χ0v) is 82.6. The lowest BCUT2D eigenvalue weighted by Gasteiger charge is -2.31. The van der Waals surface area contributed by atoms with E-state index in [1.807, 2.05) is 36.9 Å². The van der Waals surface area contributed by atoms with Crippen molar-refractivity contribution in [2.24, 2.45) is 5.92 Å². The summed E-state index contributed by atoms with van der Waals surface area (Å²) in [6, 6.07) is 22.0. The summed E-state index contributed by atoms with van der Waals surface area (Å²) in [7, 11) is 0. The maximum absolute atomic E-state index is 14.1. The molecule has 7 aliphatic heterocycles. The number of benzene rings is 4. The van der Waals surface area contributed by atoms with Crippen molar-refractivity contribution >= 4 is 84.6 Å². The fourth-order valence-corrected chi connectivity index (χ4v) is 21.4. The van der Waals surface area contributed by atoms with Crippen LogP contribution in [0.1, 0.15) is 170 Å². The van der Waals surface area contributed by atoms with Crippen molar-refractivity contribution in [3.05, 3.63) is 176 Å². The number of morpholine rings is 5. The molecule has 11 aliphatic rings. The molecule has 35 nitrogen and oxygen atoms in total. The van der Waals surface area contributed by atoms with E-state index in [2.05, 4.69) is 169 Å². The first-order chi connectivity index (χ1) is 70.5. The van der Waals surface area contributed by atoms with E-state index in [9.17, 15) is 4.39 Å². The molecule has 0 bridgehead atoms. The Kier molecular flexibility index (Phi) is 34.1. The third kappa shape index (κ3) is 27.3. The number of anilines is 7. The van der Waals surface area contributed by atoms with Crippen molar-refractivity contribution in [1.29, 1.82) is 0 Å². The third-order valence-corrected chi connectivity index (χ3v) is 29.3. The minimum Gasteiger partial charge on any atom is -0.488 e. The van der Waals surface area contributed by atoms with Crippen molar-refractivity contribution in [2.45, 2.75) is 217 Å². The molecule has 3 N–H and O–H groups in total. The lowest BCUT2D eigenvalue weighted by atomic mass is 9.84. The number of piperidine rings is 2. The molecule has 8 aromatic heterocycles. The van der Waals surface area contributed by atoms with Gasteiger partial charge in [-0.25, -0.2) is 64.2 Å². The highest BCUT2D eigenvalue weighted by Gasteiger charge is 2.33. The van der Waals surface area contributed by atoms with Gasteiger partial charge in [-0.15, -0.1) is 0 Å². The summed E-state index contributed by atoms with van der Waals surface area (Å²) >= 11 is 0. The molecule has 15 heterocycles. The van der Waals surface area contributed by atoms with Crippen molar-refractivity contribution in [2.75, 3.05) is 193 Å². The normalized spacial score (nSPS) is 22.8. The van der Waals surface area contributed by atoms with Gasteiger partial charge < -0.3 is 78.2 Å². The highest BCUT2D eigenvalue weighted by atomic mass is 19.1. The molecule has 0 spiro atoms. The summed E-state index contributed by atoms with van der Waals surface area (Å²) in [5.41, 5.74) is 14.0. The molecule has 4 aromatic carbocycles. The van der Waals surface area contributed by atoms with Gasteiger partial charge >= 0.3 is 0 Å². The second-order valence-corrected chi connectivity index (χ2v) is 39.5. The fraction of sp³-hybridized carbons (Fsp3) is 0.551. The zero-order chi connectivity index (χ0) is 96.5. The number of hydrogen-bond donors (Lipinski definition) is 3. The van der Waals surface area contributed by atoms with Crippen molar-refractivity contribution < 1.29 is 47.0 Å². The number of ether oxygens (including phenoxy) is 9. The number of hydrogen-bond acceptors (Lipinski definition) is 35. The minimum absolute atomic E-state index is 0.119. The van der Waals surface area contributed by atoms with Crippen LogP contribution in [-0.4, -0.2) is 295 Å². The van der Waals surface area contributed by atoms with E-state index < -0.39 is 0 Å². The van der Waals surface area contributed by atoms with E-state index >= 15 is 0 Å². The molecule has 756 valence electrons. The lowest BCUT2D eigenvalue weighted by molar-refractivity contribution is 0.0330. The molecule has 143 heavy (non-hydrogen) atoms. The van der Waals surface area contributed by atoms with Crippen LogP contribution in [0.15, 0.2) is 141 Å². The van der Waals surface area contributed by atoms with Crippen LogP contribution in [0.3, 0.4) is 0 Å². The lowest BCUT2D eigenvalue weighted by Crippen LogP contribution is -2.36. The quantitative estimate of drug-likeness (QED) is 0.0453. The van der Waals surface area contributed by atoms with Gasteiger partial charge in [0.2, 0.25) is 11.9 Å². The van der Waals surface area contributed by atoms with Crippen molar-refractivity contribution in [3.8, 4) is 23.0 Å². The number of fused-ring (bicyclic) bond motifs is 4. The van der Waals surface area contributed by atoms with Crippen LogP contribution in [0, 0.1) is 18.7 Å². The van der Waals surface area contributed by atoms with Crippen LogP contribution in [0.5, 0.6) is 23.0 Å². The SMILES string of the molecule is Cc1ncc(F)c(CC2CCC(Oc3cc(N4CCOCC4)cc4nccnc34)CC2)n1.c1cc(CN2CCCCC2)nc(NC2CCC(Oc3cc(N4CCOCC4)cc4nccnc34)CC2)n1.c1cc(NC2CCC(Oc3cc(N4CCOCC4)cc4nccnc34)CC2)nc(CN2CCOCC2)n1.c1cnc2c(OC3CCC(Nc4ncc(CN5CCCCC5)cn4)CC3)cc(N3CCOCC3)cc2n1. The maximum atomic E-state index is 14.1. The summed E-state index contributed by atoms with van der Waals surface area (Å²) in [6.07, 6.45) is 47.9. The first kappa shape index (κ1) is 98.4. The number of aryl methyl sites for hydroxylation is 1. The van der Waals surface area contributed by atoms with E-state index in [4.69, 9.17) is 52.6 Å². The molecule has 11 fully saturated rings. The van der Waals surface area contributed by atoms with E-state index in [1.165, 1.54) is 76.5 Å². The predicted octanol–water partition coefficient (Wildman–Crippen LogP) is 14.9. The summed E-state index contributed by atoms with van der Waals surface area (Å²) in [5.74, 6) is 7.24. The van der Waals surface area contributed by atoms with Gasteiger partial charge in [-0.3, -0.25) is 34.6 Å². The molecular formula is C107H137FN26O9. The molecule has 23 rings (SSSR count). The molecule has 7 saturated heterocycles. The topological polar surface area (TPSA) is 348 Å². The fourth-order valence-electron chi connectivity index (χ4n) is 21.4. The second kappa shape index (κ2) is 49.5. The van der Waals surface area contributed by atoms with Gasteiger partial charge in [0.1, 0.15) is 62.5 Å². The van der Waals surface area contributed by atoms with Gasteiger partial charge in [0, 0.05) is 224 Å². The number of halogens is 1. The number of aromatic nitrogens is 16. The highest BCUT2D eigenvalue weighted by Crippen LogP contribution is 2.41. The van der Waals surface area contributed by atoms with Gasteiger partial charge in [0.05, 0.1) is 137 Å². The van der Waals surface area contributed by atoms with E-state index in [0.717, 1.165) is 373 Å². The number of likely N-dealkylation sites (tertiary alicyclic amines) is 2. The first-order valence-electron chi connectivity index (χ1n) is 52.5. The molecule has 0 amide bonds. The molecule has 36 heteroatoms. The predicted molar refractivity (Wildman–Crippen MR) is 548 cm³/mol. The van der Waals surface area contributed by atoms with E-state index in [-0.39, 0.29) is 30.2 Å². The molecule has 4 aliphatic carbocycles. The van der Waals surface area contributed by atoms with Crippen LogP contribution in [0.4, 0.5) is 44.9 Å². The van der Waals surface area contributed by atoms with Gasteiger partial charge in [-0.2, -0.15) is 0 Å². The van der Waals surface area contributed by atoms with E-state index in [0.29, 0.717) is 42.0 Å². The molecule has 0 atom stereocenters. The number of rotatable bonds is 26. The van der Waals surface area contributed by atoms with Crippen molar-refractivity contribution in [1.82, 2.24) is 94.4 Å². The average molecular weight is 1950 g/mol. The van der Waals surface area contributed by atoms with Gasteiger partial charge in [-0.05, 0) is 210 Å². The molecule has 0 radical (unpaired) electrons. The summed E-state index contributed by atoms with van der Waals surface area (Å²) < 4.78 is 67.8. The Morgan fingerprint density at radius 3 is 1.10 bits per heavy atom. The Hall–Kier alpha value is -12.0. The monoisotopic (exact) mass is 1950 g/mol. The molecule has 4 saturated carbocycles. The van der Waals surface area contributed by atoms with E-state index in [1.54, 1.807) is 56.5 Å². The Morgan fingerprint density at radius 2 is 0.685 bits per heavy atom. The standard InChI is InChI=1S/2C28H37N7O2.C27H35N7O3.C24H28FN5O2/c1-2-12-34(13-3-1)20-22-8-9-31-28(33-22)32-21-4-6-24(7-5-21)37-26-19-23(35-14-16-36-17-15-35)18-25-27(26)30-11-10-29-25;1-2-10-34(11-3-1)20-21-18-31-28(32-19-21)33-22-4-6-24(7-5-22)37-26-17-23(35-12-14-36-15-13-35)16-25-27(26)30-9-8-29-25;1-3-22(4-2-20(1)31-25-5-6-29-26(32-25)19-33-9-13-35-14-10-33)37-24-18-21(34-11-15-36-16-12-34)17-23-27(24)30-8-7-28-23;1-16-28-15-20(25)21(29-16)12-17-2-4-19(5-3-17)32-23-14-18(30-8-10-31-11-9-30)13-22-24(23)27-7-6-26-22/h8-11,18-19,21,24H,1-7,12-17,20H2,(H,31,32,33);8-9,16-19,22,24H,1-7,10-15,20H2,(H,31,32,33);5-8,17-18,20,22H,1-4,9-16,19H2,(H,29,31,32);6-7,13-15,17,19H,2-5,8-12H2,1H3. The van der Waals surface area contributed by atoms with Crippen LogP contribution in [0.2, 0.25) is 0 Å². The van der Waals surface area contributed by atoms with Gasteiger partial charge in [0.25, 0.3) is 0 Å². The Bertz CT molecular complexity index is 5860. The Balaban J connectivity index is 0.000000117. The largest absolute Gasteiger partial charge is 0.488 e. The summed E-state index contributed by atoms with van der Waals surface area (Å²) in [4.78, 5) is 89.2.